The van der Waals surface area contributed by atoms with Crippen molar-refractivity contribution in [1.82, 2.24) is 15.0 Å². The quantitative estimate of drug-likeness (QED) is 0.729. The van der Waals surface area contributed by atoms with Crippen LogP contribution in [0.3, 0.4) is 0 Å². The fourth-order valence-corrected chi connectivity index (χ4v) is 6.79. The molecule has 1 aromatic rings. The Morgan fingerprint density at radius 2 is 1.87 bits per heavy atom. The zero-order chi connectivity index (χ0) is 21.8. The molecule has 0 radical (unpaired) electrons. The van der Waals surface area contributed by atoms with Gasteiger partial charge in [-0.25, -0.2) is 0 Å². The van der Waals surface area contributed by atoms with Gasteiger partial charge in [0.2, 0.25) is 0 Å². The van der Waals surface area contributed by atoms with Gasteiger partial charge in [-0.15, -0.1) is 0 Å². The Balaban J connectivity index is 0.000000730. The second kappa shape index (κ2) is 10.2. The van der Waals surface area contributed by atoms with Gasteiger partial charge in [-0.2, -0.15) is 0 Å². The number of nitrogens with zero attached hydrogens (tertiary/aromatic N) is 3. The lowest BCUT2D eigenvalue weighted by atomic mass is 9.69. The lowest BCUT2D eigenvalue weighted by Crippen LogP contribution is -2.64. The second-order valence-electron chi connectivity index (χ2n) is 10.0. The molecule has 4 aliphatic rings. The van der Waals surface area contributed by atoms with E-state index in [-0.39, 0.29) is 12.4 Å². The molecule has 4 atom stereocenters. The lowest BCUT2D eigenvalue weighted by molar-refractivity contribution is -0.122. The smallest absolute Gasteiger partial charge is 0.290 e. The van der Waals surface area contributed by atoms with E-state index in [2.05, 4.69) is 15.0 Å². The van der Waals surface area contributed by atoms with Crippen LogP contribution in [-0.2, 0) is 4.79 Å². The van der Waals surface area contributed by atoms with E-state index < -0.39 is 0 Å². The van der Waals surface area contributed by atoms with Crippen LogP contribution < -0.4 is 0 Å². The van der Waals surface area contributed by atoms with Crippen molar-refractivity contribution in [2.24, 2.45) is 17.8 Å². The molecule has 31 heavy (non-hydrogen) atoms. The van der Waals surface area contributed by atoms with Crippen LogP contribution in [-0.4, -0.2) is 64.2 Å². The lowest BCUT2D eigenvalue weighted by Gasteiger charge is -2.57. The van der Waals surface area contributed by atoms with E-state index in [0.717, 1.165) is 19.0 Å². The summed E-state index contributed by atoms with van der Waals surface area (Å²) >= 11 is 0. The van der Waals surface area contributed by atoms with Crippen molar-refractivity contribution in [2.75, 3.05) is 19.6 Å². The molecule has 7 nitrogen and oxygen atoms in total. The molecule has 0 aromatic carbocycles. The van der Waals surface area contributed by atoms with Gasteiger partial charge in [0.1, 0.15) is 5.76 Å². The van der Waals surface area contributed by atoms with Crippen LogP contribution in [0.5, 0.6) is 0 Å². The average Bonchev–Trinajstić information content (AvgIpc) is 3.23. The van der Waals surface area contributed by atoms with Crippen molar-refractivity contribution in [3.05, 3.63) is 17.5 Å². The molecular formula is C24H37N3O4. The van der Waals surface area contributed by atoms with Crippen molar-refractivity contribution in [1.29, 1.82) is 0 Å². The van der Waals surface area contributed by atoms with Crippen LogP contribution in [0.4, 0.5) is 0 Å². The Morgan fingerprint density at radius 1 is 1.16 bits per heavy atom. The Hall–Kier alpha value is -1.89. The molecule has 1 amide bonds. The molecule has 1 aromatic heterocycles. The Kier molecular flexibility index (Phi) is 7.31. The summed E-state index contributed by atoms with van der Waals surface area (Å²) in [6.07, 6.45) is 13.8. The third-order valence-electron chi connectivity index (χ3n) is 8.06. The molecular weight excluding hydrogens is 394 g/mol. The van der Waals surface area contributed by atoms with E-state index in [1.807, 2.05) is 6.92 Å². The Labute approximate surface area is 185 Å². The van der Waals surface area contributed by atoms with E-state index in [4.69, 9.17) is 14.4 Å². The maximum atomic E-state index is 13.1. The number of hydrogen-bond donors (Lipinski definition) is 1. The number of aryl methyl sites for hydroxylation is 1. The molecule has 0 spiro atoms. The Morgan fingerprint density at radius 3 is 2.58 bits per heavy atom. The summed E-state index contributed by atoms with van der Waals surface area (Å²) in [5, 5.41) is 10.9. The molecule has 3 aliphatic heterocycles. The number of carboxylic acid groups (broad SMARTS) is 1. The first kappa shape index (κ1) is 22.3. The maximum Gasteiger partial charge on any atom is 0.290 e. The van der Waals surface area contributed by atoms with Crippen LogP contribution in [0.2, 0.25) is 0 Å². The maximum absolute atomic E-state index is 13.1. The predicted molar refractivity (Wildman–Crippen MR) is 117 cm³/mol. The topological polar surface area (TPSA) is 86.9 Å². The minimum atomic E-state index is -0.250. The number of likely N-dealkylation sites (tertiary alicyclic amines) is 1. The Bertz CT molecular complexity index is 745. The standard InChI is InChI=1S/C23H35N3O2.CH2O2/c1-16-11-20(24-28-16)23(27)25-14-18-13-19(15-25)22(12-17-7-3-2-4-8-17)26-10-6-5-9-21(18)26;2-1-3/h11,17-19,21-22H,2-10,12-15H2,1H3;1H,(H,2,3)/t18-,19+,21+,22+;/m1./s1. The van der Waals surface area contributed by atoms with Gasteiger partial charge < -0.3 is 14.5 Å². The molecule has 1 aliphatic carbocycles. The van der Waals surface area contributed by atoms with Gasteiger partial charge >= 0.3 is 0 Å². The minimum Gasteiger partial charge on any atom is -0.483 e. The second-order valence-corrected chi connectivity index (χ2v) is 10.0. The summed E-state index contributed by atoms with van der Waals surface area (Å²) in [7, 11) is 0. The molecule has 0 unspecified atom stereocenters. The zero-order valence-corrected chi connectivity index (χ0v) is 18.7. The molecule has 5 rings (SSSR count). The van der Waals surface area contributed by atoms with Crippen LogP contribution in [0.1, 0.15) is 80.5 Å². The highest BCUT2D eigenvalue weighted by atomic mass is 16.5. The van der Waals surface area contributed by atoms with Crippen molar-refractivity contribution in [3.8, 4) is 0 Å². The third-order valence-corrected chi connectivity index (χ3v) is 8.06. The minimum absolute atomic E-state index is 0.0761. The normalized spacial score (nSPS) is 31.3. The van der Waals surface area contributed by atoms with Crippen molar-refractivity contribution in [2.45, 2.75) is 83.2 Å². The summed E-state index contributed by atoms with van der Waals surface area (Å²) in [5.41, 5.74) is 0.488. The number of fused-ring (bicyclic) bond motifs is 4. The molecule has 1 N–H and O–H groups in total. The number of aromatic nitrogens is 1. The summed E-state index contributed by atoms with van der Waals surface area (Å²) in [4.78, 5) is 26.5. The van der Waals surface area contributed by atoms with Crippen LogP contribution in [0.15, 0.2) is 10.6 Å². The SMILES string of the molecule is Cc1cc(C(=O)N2C[C@H]3C[C@@H](C2)[C@H](CC2CCCCC2)N2CCCC[C@@H]32)no1.O=CO. The molecule has 1 saturated carbocycles. The van der Waals surface area contributed by atoms with E-state index in [9.17, 15) is 4.79 Å². The third kappa shape index (κ3) is 4.97. The average molecular weight is 432 g/mol. The van der Waals surface area contributed by atoms with Gasteiger partial charge in [0.25, 0.3) is 12.4 Å². The van der Waals surface area contributed by atoms with E-state index in [1.165, 1.54) is 70.8 Å². The molecule has 172 valence electrons. The van der Waals surface area contributed by atoms with Gasteiger partial charge in [0, 0.05) is 31.2 Å². The molecule has 3 saturated heterocycles. The van der Waals surface area contributed by atoms with Crippen LogP contribution in [0, 0.1) is 24.7 Å². The highest BCUT2D eigenvalue weighted by Crippen LogP contribution is 2.44. The number of piperidine rings is 3. The summed E-state index contributed by atoms with van der Waals surface area (Å²) in [6, 6.07) is 3.16. The van der Waals surface area contributed by atoms with E-state index >= 15 is 0 Å². The van der Waals surface area contributed by atoms with Crippen LogP contribution >= 0.6 is 0 Å². The summed E-state index contributed by atoms with van der Waals surface area (Å²) in [5.74, 6) is 2.97. The first-order valence-corrected chi connectivity index (χ1v) is 12.2. The van der Waals surface area contributed by atoms with E-state index in [1.54, 1.807) is 6.07 Å². The first-order chi connectivity index (χ1) is 15.1. The highest BCUT2D eigenvalue weighted by molar-refractivity contribution is 5.92. The van der Waals surface area contributed by atoms with Gasteiger partial charge in [-0.3, -0.25) is 14.5 Å². The molecule has 7 heteroatoms. The van der Waals surface area contributed by atoms with Gasteiger partial charge in [0.15, 0.2) is 5.69 Å². The van der Waals surface area contributed by atoms with Crippen LogP contribution in [0.25, 0.3) is 0 Å². The van der Waals surface area contributed by atoms with Gasteiger partial charge in [-0.05, 0) is 56.9 Å². The predicted octanol–water partition coefficient (Wildman–Crippen LogP) is 3.97. The molecule has 4 heterocycles. The first-order valence-electron chi connectivity index (χ1n) is 12.2. The number of carbonyl (C=O) groups excluding carboxylic acids is 1. The number of carbonyl (C=O) groups is 2. The molecule has 2 bridgehead atoms. The van der Waals surface area contributed by atoms with Crippen molar-refractivity contribution < 1.29 is 19.2 Å². The fourth-order valence-electron chi connectivity index (χ4n) is 6.79. The van der Waals surface area contributed by atoms with E-state index in [0.29, 0.717) is 35.4 Å². The number of rotatable bonds is 3. The zero-order valence-electron chi connectivity index (χ0n) is 18.7. The van der Waals surface area contributed by atoms with Crippen molar-refractivity contribution in [3.63, 3.8) is 0 Å². The fraction of sp³-hybridized carbons (Fsp3) is 0.792. The van der Waals surface area contributed by atoms with Crippen molar-refractivity contribution >= 4 is 12.4 Å². The van der Waals surface area contributed by atoms with Gasteiger partial charge in [-0.1, -0.05) is 43.7 Å². The number of amides is 1. The summed E-state index contributed by atoms with van der Waals surface area (Å²) < 4.78 is 5.17. The summed E-state index contributed by atoms with van der Waals surface area (Å²) in [6.45, 7) is 4.70. The molecule has 4 fully saturated rings. The van der Waals surface area contributed by atoms with Gasteiger partial charge in [0.05, 0.1) is 0 Å². The highest BCUT2D eigenvalue weighted by Gasteiger charge is 2.48. The monoisotopic (exact) mass is 431 g/mol. The largest absolute Gasteiger partial charge is 0.483 e. The number of hydrogen-bond acceptors (Lipinski definition) is 5.